The lowest BCUT2D eigenvalue weighted by Gasteiger charge is -2.29. The summed E-state index contributed by atoms with van der Waals surface area (Å²) >= 11 is 1.36. The summed E-state index contributed by atoms with van der Waals surface area (Å²) in [7, 11) is 0. The molecule has 2 aromatic heterocycles. The molecular formula is C23H28N6O3S. The van der Waals surface area contributed by atoms with Crippen molar-refractivity contribution in [1.82, 2.24) is 24.9 Å². The van der Waals surface area contributed by atoms with Gasteiger partial charge in [-0.1, -0.05) is 29.0 Å². The molecule has 0 saturated carbocycles. The van der Waals surface area contributed by atoms with E-state index in [0.29, 0.717) is 30.3 Å². The largest absolute Gasteiger partial charge is 0.444 e. The van der Waals surface area contributed by atoms with Crippen LogP contribution in [0.15, 0.2) is 18.2 Å². The Morgan fingerprint density at radius 1 is 1.15 bits per heavy atom. The molecule has 0 saturated heterocycles. The highest BCUT2D eigenvalue weighted by Crippen LogP contribution is 2.29. The summed E-state index contributed by atoms with van der Waals surface area (Å²) in [6.07, 6.45) is 0.272. The number of nitrogens with zero attached hydrogens (tertiary/aromatic N) is 5. The number of thiazole rings is 1. The third kappa shape index (κ3) is 5.05. The number of carbonyl (C=O) groups excluding carboxylic acids is 2. The van der Waals surface area contributed by atoms with E-state index in [0.717, 1.165) is 27.4 Å². The van der Waals surface area contributed by atoms with Gasteiger partial charge in [0.1, 0.15) is 5.60 Å². The molecule has 0 bridgehead atoms. The lowest BCUT2D eigenvalue weighted by molar-refractivity contribution is 0.0225. The first kappa shape index (κ1) is 22.9. The third-order valence-corrected chi connectivity index (χ3v) is 6.17. The molecule has 4 rings (SSSR count). The van der Waals surface area contributed by atoms with Crippen molar-refractivity contribution >= 4 is 28.5 Å². The first-order valence-corrected chi connectivity index (χ1v) is 11.6. The fraction of sp³-hybridized carbons (Fsp3) is 0.435. The Balaban J connectivity index is 1.47. The second-order valence-electron chi connectivity index (χ2n) is 9.21. The van der Waals surface area contributed by atoms with Gasteiger partial charge in [0.2, 0.25) is 0 Å². The van der Waals surface area contributed by atoms with Crippen LogP contribution in [0, 0.1) is 20.8 Å². The quantitative estimate of drug-likeness (QED) is 0.618. The van der Waals surface area contributed by atoms with Crippen LogP contribution in [-0.2, 0) is 17.7 Å². The number of fused-ring (bicyclic) bond motifs is 1. The molecule has 174 valence electrons. The molecule has 0 fully saturated rings. The Morgan fingerprint density at radius 3 is 2.61 bits per heavy atom. The molecule has 3 aromatic rings. The fourth-order valence-electron chi connectivity index (χ4n) is 3.61. The molecule has 9 nitrogen and oxygen atoms in total. The summed E-state index contributed by atoms with van der Waals surface area (Å²) < 4.78 is 5.47. The Labute approximate surface area is 196 Å². The first-order valence-electron chi connectivity index (χ1n) is 10.8. The number of nitrogens with one attached hydrogen (secondary N) is 1. The van der Waals surface area contributed by atoms with Crippen molar-refractivity contribution in [3.05, 3.63) is 51.3 Å². The highest BCUT2D eigenvalue weighted by atomic mass is 32.1. The molecule has 0 unspecified atom stereocenters. The molecule has 1 N–H and O–H groups in total. The Morgan fingerprint density at radius 2 is 1.91 bits per heavy atom. The van der Waals surface area contributed by atoms with Crippen LogP contribution in [0.2, 0.25) is 0 Å². The average molecular weight is 469 g/mol. The van der Waals surface area contributed by atoms with Gasteiger partial charge in [-0.05, 0) is 53.2 Å². The number of amides is 2. The first-order chi connectivity index (χ1) is 15.5. The molecule has 3 heterocycles. The van der Waals surface area contributed by atoms with E-state index < -0.39 is 5.60 Å². The SMILES string of the molecule is Cc1ccc(-n2nc(C)c(C(=O)Nc3nc4c(s3)CN(C(=O)OC(C)(C)C)CC4)n2)c(C)c1. The van der Waals surface area contributed by atoms with E-state index in [1.54, 1.807) is 11.8 Å². The highest BCUT2D eigenvalue weighted by Gasteiger charge is 2.28. The predicted octanol–water partition coefficient (Wildman–Crippen LogP) is 4.19. The van der Waals surface area contributed by atoms with Gasteiger partial charge in [-0.2, -0.15) is 9.90 Å². The molecule has 1 aliphatic rings. The molecule has 0 atom stereocenters. The standard InChI is InChI=1S/C23H28N6O3S/c1-13-7-8-17(14(2)11-13)29-26-15(3)19(27-29)20(30)25-21-24-16-9-10-28(12-18(16)33-21)22(31)32-23(4,5)6/h7-8,11H,9-10,12H2,1-6H3,(H,24,25,30). The number of aromatic nitrogens is 4. The van der Waals surface area contributed by atoms with E-state index in [2.05, 4.69) is 26.6 Å². The summed E-state index contributed by atoms with van der Waals surface area (Å²) in [5.41, 5.74) is 4.13. The van der Waals surface area contributed by atoms with E-state index >= 15 is 0 Å². The summed E-state index contributed by atoms with van der Waals surface area (Å²) in [5.74, 6) is -0.362. The normalized spacial score (nSPS) is 13.6. The van der Waals surface area contributed by atoms with Gasteiger partial charge in [0.05, 0.1) is 23.6 Å². The number of ether oxygens (including phenoxy) is 1. The molecule has 0 radical (unpaired) electrons. The van der Waals surface area contributed by atoms with Gasteiger partial charge >= 0.3 is 6.09 Å². The minimum atomic E-state index is -0.545. The van der Waals surface area contributed by atoms with Crippen molar-refractivity contribution in [3.63, 3.8) is 0 Å². The van der Waals surface area contributed by atoms with Gasteiger partial charge in [-0.3, -0.25) is 10.1 Å². The molecule has 2 amide bonds. The smallest absolute Gasteiger partial charge is 0.410 e. The van der Waals surface area contributed by atoms with E-state index in [9.17, 15) is 9.59 Å². The lowest BCUT2D eigenvalue weighted by Crippen LogP contribution is -2.39. The van der Waals surface area contributed by atoms with Crippen molar-refractivity contribution in [2.24, 2.45) is 0 Å². The molecular weight excluding hydrogens is 440 g/mol. The molecule has 1 aliphatic heterocycles. The minimum Gasteiger partial charge on any atom is -0.444 e. The Bertz CT molecular complexity index is 1220. The number of aryl methyl sites for hydroxylation is 3. The zero-order valence-corrected chi connectivity index (χ0v) is 20.5. The second kappa shape index (κ2) is 8.58. The number of hydrogen-bond acceptors (Lipinski definition) is 7. The molecule has 0 aliphatic carbocycles. The number of benzene rings is 1. The maximum atomic E-state index is 12.9. The third-order valence-electron chi connectivity index (χ3n) is 5.17. The monoisotopic (exact) mass is 468 g/mol. The van der Waals surface area contributed by atoms with Crippen LogP contribution in [0.1, 0.15) is 58.7 Å². The van der Waals surface area contributed by atoms with Gasteiger partial charge in [0.25, 0.3) is 5.91 Å². The van der Waals surface area contributed by atoms with Crippen LogP contribution in [0.4, 0.5) is 9.93 Å². The van der Waals surface area contributed by atoms with Crippen molar-refractivity contribution in [2.45, 2.75) is 60.1 Å². The van der Waals surface area contributed by atoms with Gasteiger partial charge in [-0.25, -0.2) is 9.78 Å². The number of rotatable bonds is 3. The predicted molar refractivity (Wildman–Crippen MR) is 126 cm³/mol. The summed E-state index contributed by atoms with van der Waals surface area (Å²) in [4.78, 5) is 34.0. The molecule has 0 spiro atoms. The van der Waals surface area contributed by atoms with Crippen molar-refractivity contribution in [2.75, 3.05) is 11.9 Å². The average Bonchev–Trinajstić information content (AvgIpc) is 3.28. The van der Waals surface area contributed by atoms with E-state index in [-0.39, 0.29) is 17.7 Å². The van der Waals surface area contributed by atoms with Crippen LogP contribution >= 0.6 is 11.3 Å². The van der Waals surface area contributed by atoms with E-state index in [1.807, 2.05) is 46.8 Å². The lowest BCUT2D eigenvalue weighted by atomic mass is 10.1. The molecule has 10 heteroatoms. The zero-order valence-electron chi connectivity index (χ0n) is 19.7. The van der Waals surface area contributed by atoms with Gasteiger partial charge in [0, 0.05) is 17.8 Å². The molecule has 33 heavy (non-hydrogen) atoms. The van der Waals surface area contributed by atoms with Crippen LogP contribution in [0.25, 0.3) is 5.69 Å². The maximum Gasteiger partial charge on any atom is 0.410 e. The summed E-state index contributed by atoms with van der Waals surface area (Å²) in [6, 6.07) is 5.98. The van der Waals surface area contributed by atoms with E-state index in [4.69, 9.17) is 4.74 Å². The fourth-order valence-corrected chi connectivity index (χ4v) is 4.63. The topological polar surface area (TPSA) is 102 Å². The summed E-state index contributed by atoms with van der Waals surface area (Å²) in [6.45, 7) is 12.3. The number of carbonyl (C=O) groups is 2. The van der Waals surface area contributed by atoms with Crippen molar-refractivity contribution < 1.29 is 14.3 Å². The van der Waals surface area contributed by atoms with Gasteiger partial charge in [-0.15, -0.1) is 5.10 Å². The van der Waals surface area contributed by atoms with Crippen LogP contribution < -0.4 is 5.32 Å². The van der Waals surface area contributed by atoms with Crippen LogP contribution in [0.3, 0.4) is 0 Å². The molecule has 1 aromatic carbocycles. The van der Waals surface area contributed by atoms with Crippen LogP contribution in [-0.4, -0.2) is 49.0 Å². The summed E-state index contributed by atoms with van der Waals surface area (Å²) in [5, 5.41) is 12.2. The van der Waals surface area contributed by atoms with Crippen LogP contribution in [0.5, 0.6) is 0 Å². The Hall–Kier alpha value is -3.27. The zero-order chi connectivity index (χ0) is 23.9. The van der Waals surface area contributed by atoms with Crippen molar-refractivity contribution in [1.29, 1.82) is 0 Å². The Kier molecular flexibility index (Phi) is 5.96. The maximum absolute atomic E-state index is 12.9. The van der Waals surface area contributed by atoms with E-state index in [1.165, 1.54) is 16.1 Å². The van der Waals surface area contributed by atoms with Crippen molar-refractivity contribution in [3.8, 4) is 5.69 Å². The minimum absolute atomic E-state index is 0.249. The number of anilines is 1. The number of hydrogen-bond donors (Lipinski definition) is 1. The second-order valence-corrected chi connectivity index (χ2v) is 10.3. The van der Waals surface area contributed by atoms with Gasteiger partial charge < -0.3 is 9.64 Å². The highest BCUT2D eigenvalue weighted by molar-refractivity contribution is 7.15. The van der Waals surface area contributed by atoms with Gasteiger partial charge in [0.15, 0.2) is 10.8 Å².